The van der Waals surface area contributed by atoms with Crippen LogP contribution < -0.4 is 5.69 Å². The van der Waals surface area contributed by atoms with Crippen LogP contribution in [-0.2, 0) is 23.9 Å². The average Bonchev–Trinajstić information content (AvgIpc) is 3.12. The normalized spacial score (nSPS) is 19.9. The number of alkyl halides is 4. The zero-order valence-electron chi connectivity index (χ0n) is 14.0. The van der Waals surface area contributed by atoms with Crippen molar-refractivity contribution < 1.29 is 22.4 Å². The minimum atomic E-state index is -4.53. The Morgan fingerprint density at radius 3 is 2.59 bits per heavy atom. The van der Waals surface area contributed by atoms with Gasteiger partial charge in [0.05, 0.1) is 19.6 Å². The van der Waals surface area contributed by atoms with Gasteiger partial charge in [-0.05, 0) is 18.1 Å². The van der Waals surface area contributed by atoms with Gasteiger partial charge in [-0.15, -0.1) is 0 Å². The number of nitrogens with zero attached hydrogens (tertiary/aromatic N) is 5. The molecular formula is C16H15F4N5O2. The first-order chi connectivity index (χ1) is 12.7. The van der Waals surface area contributed by atoms with Crippen LogP contribution in [0.5, 0.6) is 0 Å². The van der Waals surface area contributed by atoms with Crippen molar-refractivity contribution in [2.75, 3.05) is 13.1 Å². The number of hydrogen-bond acceptors (Lipinski definition) is 4. The Kier molecular flexibility index (Phi) is 4.04. The van der Waals surface area contributed by atoms with E-state index in [4.69, 9.17) is 0 Å². The van der Waals surface area contributed by atoms with E-state index in [-0.39, 0.29) is 25.5 Å². The van der Waals surface area contributed by atoms with Crippen LogP contribution in [0.3, 0.4) is 0 Å². The lowest BCUT2D eigenvalue weighted by atomic mass is 10.1. The summed E-state index contributed by atoms with van der Waals surface area (Å²) in [6.45, 7) is 0.0106. The fourth-order valence-corrected chi connectivity index (χ4v) is 3.35. The third kappa shape index (κ3) is 3.10. The number of halogens is 4. The Morgan fingerprint density at radius 1 is 1.26 bits per heavy atom. The summed E-state index contributed by atoms with van der Waals surface area (Å²) in [5.41, 5.74) is -1.15. The molecule has 2 aliphatic rings. The first-order valence-electron chi connectivity index (χ1n) is 8.37. The maximum absolute atomic E-state index is 13.0. The van der Waals surface area contributed by atoms with Gasteiger partial charge in [0, 0.05) is 12.6 Å². The molecule has 11 heteroatoms. The summed E-state index contributed by atoms with van der Waals surface area (Å²) < 4.78 is 53.1. The highest BCUT2D eigenvalue weighted by molar-refractivity contribution is 5.81. The number of aryl methyl sites for hydroxylation is 1. The van der Waals surface area contributed by atoms with Gasteiger partial charge in [-0.25, -0.2) is 13.9 Å². The molecule has 0 saturated carbocycles. The molecule has 2 aliphatic heterocycles. The highest BCUT2D eigenvalue weighted by Gasteiger charge is 2.40. The highest BCUT2D eigenvalue weighted by Crippen LogP contribution is 2.28. The minimum Gasteiger partial charge on any atom is -0.335 e. The van der Waals surface area contributed by atoms with E-state index in [0.29, 0.717) is 24.2 Å². The van der Waals surface area contributed by atoms with Gasteiger partial charge in [0.1, 0.15) is 23.7 Å². The molecule has 7 nitrogen and oxygen atoms in total. The largest absolute Gasteiger partial charge is 0.433 e. The summed E-state index contributed by atoms with van der Waals surface area (Å²) in [4.78, 5) is 29.8. The van der Waals surface area contributed by atoms with Crippen molar-refractivity contribution >= 4 is 5.91 Å². The van der Waals surface area contributed by atoms with E-state index in [0.717, 1.165) is 16.9 Å². The van der Waals surface area contributed by atoms with Crippen molar-refractivity contribution in [3.8, 4) is 0 Å². The van der Waals surface area contributed by atoms with Crippen LogP contribution in [0.2, 0.25) is 0 Å². The molecule has 0 aliphatic carbocycles. The van der Waals surface area contributed by atoms with E-state index in [9.17, 15) is 27.2 Å². The smallest absolute Gasteiger partial charge is 0.335 e. The Bertz CT molecular complexity index is 928. The van der Waals surface area contributed by atoms with E-state index >= 15 is 0 Å². The van der Waals surface area contributed by atoms with Crippen molar-refractivity contribution in [3.05, 3.63) is 45.9 Å². The first kappa shape index (κ1) is 17.7. The van der Waals surface area contributed by atoms with Crippen LogP contribution in [-0.4, -0.2) is 49.4 Å². The van der Waals surface area contributed by atoms with Crippen molar-refractivity contribution in [2.24, 2.45) is 0 Å². The zero-order valence-corrected chi connectivity index (χ0v) is 14.0. The molecule has 0 N–H and O–H groups in total. The van der Waals surface area contributed by atoms with E-state index in [1.165, 1.54) is 15.5 Å². The van der Waals surface area contributed by atoms with Crippen LogP contribution in [0.1, 0.15) is 29.5 Å². The van der Waals surface area contributed by atoms with Crippen molar-refractivity contribution in [1.29, 1.82) is 0 Å². The van der Waals surface area contributed by atoms with Gasteiger partial charge in [-0.1, -0.05) is 6.07 Å². The van der Waals surface area contributed by atoms with Crippen LogP contribution in [0, 0.1) is 0 Å². The number of amides is 1. The molecule has 4 rings (SSSR count). The average molecular weight is 385 g/mol. The van der Waals surface area contributed by atoms with Crippen LogP contribution >= 0.6 is 0 Å². The number of carbonyl (C=O) groups excluding carboxylic acids is 1. The molecule has 1 fully saturated rings. The van der Waals surface area contributed by atoms with Gasteiger partial charge in [0.2, 0.25) is 5.91 Å². The molecule has 0 bridgehead atoms. The molecule has 1 unspecified atom stereocenters. The zero-order chi connectivity index (χ0) is 19.3. The molecule has 0 radical (unpaired) electrons. The quantitative estimate of drug-likeness (QED) is 0.744. The van der Waals surface area contributed by atoms with Crippen LogP contribution in [0.25, 0.3) is 0 Å². The summed E-state index contributed by atoms with van der Waals surface area (Å²) in [6.07, 6.45) is -3.66. The van der Waals surface area contributed by atoms with Gasteiger partial charge in [-0.2, -0.15) is 18.3 Å². The molecule has 0 spiro atoms. The summed E-state index contributed by atoms with van der Waals surface area (Å²) in [5.74, 6) is 0.135. The molecule has 144 valence electrons. The predicted molar refractivity (Wildman–Crippen MR) is 83.7 cm³/mol. The molecule has 27 heavy (non-hydrogen) atoms. The van der Waals surface area contributed by atoms with E-state index in [2.05, 4.69) is 10.1 Å². The number of fused-ring (bicyclic) bond motifs is 1. The van der Waals surface area contributed by atoms with Crippen LogP contribution in [0.4, 0.5) is 17.6 Å². The maximum Gasteiger partial charge on any atom is 0.433 e. The van der Waals surface area contributed by atoms with Gasteiger partial charge in [-0.3, -0.25) is 14.3 Å². The number of carbonyl (C=O) groups is 1. The van der Waals surface area contributed by atoms with Gasteiger partial charge in [0.15, 0.2) is 0 Å². The summed E-state index contributed by atoms with van der Waals surface area (Å²) in [5, 5.41) is 4.18. The molecule has 1 atom stereocenters. The number of pyridine rings is 1. The molecule has 4 heterocycles. The van der Waals surface area contributed by atoms with Gasteiger partial charge < -0.3 is 4.90 Å². The fourth-order valence-electron chi connectivity index (χ4n) is 3.35. The topological polar surface area (TPSA) is 73.0 Å². The third-order valence-corrected chi connectivity index (χ3v) is 4.78. The lowest BCUT2D eigenvalue weighted by Crippen LogP contribution is -2.54. The summed E-state index contributed by atoms with van der Waals surface area (Å²) >= 11 is 0. The SMILES string of the molecule is O=C(C1CCc2nn(Cc3ccc(C(F)(F)F)nc3)c(=O)n21)N1CC(F)C1. The molecule has 2 aromatic rings. The third-order valence-electron chi connectivity index (χ3n) is 4.78. The Labute approximate surface area is 150 Å². The van der Waals surface area contributed by atoms with Crippen LogP contribution in [0.15, 0.2) is 23.1 Å². The Balaban J connectivity index is 1.54. The first-order valence-corrected chi connectivity index (χ1v) is 8.37. The maximum atomic E-state index is 13.0. The number of hydrogen-bond donors (Lipinski definition) is 0. The molecule has 2 aromatic heterocycles. The Hall–Kier alpha value is -2.72. The molecule has 1 amide bonds. The number of likely N-dealkylation sites (tertiary alicyclic amines) is 1. The van der Waals surface area contributed by atoms with Crippen molar-refractivity contribution in [3.63, 3.8) is 0 Å². The van der Waals surface area contributed by atoms with E-state index in [1.54, 1.807) is 0 Å². The summed E-state index contributed by atoms with van der Waals surface area (Å²) in [7, 11) is 0. The van der Waals surface area contributed by atoms with Crippen molar-refractivity contribution in [2.45, 2.75) is 37.8 Å². The second-order valence-corrected chi connectivity index (χ2v) is 6.67. The van der Waals surface area contributed by atoms with Gasteiger partial charge >= 0.3 is 11.9 Å². The standard InChI is InChI=1S/C16H15F4N5O2/c17-10-7-23(8-10)14(26)11-2-4-13-22-24(15(27)25(11)13)6-9-1-3-12(21-5-9)16(18,19)20/h1,3,5,10-11H,2,4,6-8H2. The Morgan fingerprint density at radius 2 is 2.00 bits per heavy atom. The van der Waals surface area contributed by atoms with Crippen molar-refractivity contribution in [1.82, 2.24) is 24.2 Å². The lowest BCUT2D eigenvalue weighted by molar-refractivity contribution is -0.142. The fraction of sp³-hybridized carbons (Fsp3) is 0.500. The number of aromatic nitrogens is 4. The second kappa shape index (κ2) is 6.17. The van der Waals surface area contributed by atoms with E-state index < -0.39 is 29.8 Å². The minimum absolute atomic E-state index is 0.0325. The molecule has 0 aromatic carbocycles. The number of rotatable bonds is 3. The van der Waals surface area contributed by atoms with E-state index in [1.807, 2.05) is 0 Å². The lowest BCUT2D eigenvalue weighted by Gasteiger charge is -2.36. The highest BCUT2D eigenvalue weighted by atomic mass is 19.4. The second-order valence-electron chi connectivity index (χ2n) is 6.67. The molecule has 1 saturated heterocycles. The molecular weight excluding hydrogens is 370 g/mol. The van der Waals surface area contributed by atoms with Gasteiger partial charge in [0.25, 0.3) is 0 Å². The predicted octanol–water partition coefficient (Wildman–Crippen LogP) is 1.17. The monoisotopic (exact) mass is 385 g/mol. The summed E-state index contributed by atoms with van der Waals surface area (Å²) in [6, 6.07) is 1.37.